The molecule has 1 heterocycles. The third-order valence-electron chi connectivity index (χ3n) is 3.30. The minimum absolute atomic E-state index is 0.192. The Hall–Kier alpha value is -0.520. The molecule has 78 valence electrons. The van der Waals surface area contributed by atoms with E-state index >= 15 is 0 Å². The lowest BCUT2D eigenvalue weighted by molar-refractivity contribution is 0.101. The van der Waals surface area contributed by atoms with Crippen LogP contribution in [0.25, 0.3) is 0 Å². The van der Waals surface area contributed by atoms with E-state index in [1.807, 2.05) is 0 Å². The lowest BCUT2D eigenvalue weighted by Crippen LogP contribution is -2.49. The molecule has 0 aromatic carbocycles. The number of piperidine rings is 1. The van der Waals surface area contributed by atoms with Crippen LogP contribution >= 0.6 is 0 Å². The summed E-state index contributed by atoms with van der Waals surface area (Å²) in [5, 5.41) is 13.0. The molecule has 2 N–H and O–H groups in total. The standard InChI is InChI=1S/C12H19NO/c1-2-3-4-5-10-8-11(14)9-13-12(10)6-7-12/h10-11,13-14H,2-3,6-9H2,1H3. The smallest absolute Gasteiger partial charge is 0.0677 e. The van der Waals surface area contributed by atoms with Gasteiger partial charge in [0.25, 0.3) is 0 Å². The molecule has 2 aliphatic rings. The number of rotatable bonds is 1. The normalized spacial score (nSPS) is 33.6. The molecule has 2 unspecified atom stereocenters. The fraction of sp³-hybridized carbons (Fsp3) is 0.833. The van der Waals surface area contributed by atoms with Crippen molar-refractivity contribution in [1.29, 1.82) is 0 Å². The summed E-state index contributed by atoms with van der Waals surface area (Å²) in [6.45, 7) is 2.90. The molecule has 2 atom stereocenters. The number of aliphatic hydroxyl groups excluding tert-OH is 1. The van der Waals surface area contributed by atoms with Crippen molar-refractivity contribution in [2.45, 2.75) is 50.7 Å². The monoisotopic (exact) mass is 193 g/mol. The maximum atomic E-state index is 9.57. The van der Waals surface area contributed by atoms with Crippen LogP contribution in [0.2, 0.25) is 0 Å². The second-order valence-electron chi connectivity index (χ2n) is 4.55. The Morgan fingerprint density at radius 3 is 2.93 bits per heavy atom. The van der Waals surface area contributed by atoms with Crippen molar-refractivity contribution in [3.05, 3.63) is 0 Å². The fourth-order valence-electron chi connectivity index (χ4n) is 2.20. The molecule has 1 saturated heterocycles. The van der Waals surface area contributed by atoms with Crippen LogP contribution in [-0.4, -0.2) is 23.3 Å². The molecule has 1 saturated carbocycles. The Morgan fingerprint density at radius 1 is 1.50 bits per heavy atom. The van der Waals surface area contributed by atoms with Gasteiger partial charge >= 0.3 is 0 Å². The van der Waals surface area contributed by atoms with Crippen LogP contribution < -0.4 is 5.32 Å². The fourth-order valence-corrected chi connectivity index (χ4v) is 2.20. The van der Waals surface area contributed by atoms with Crippen LogP contribution in [0.3, 0.4) is 0 Å². The maximum Gasteiger partial charge on any atom is 0.0677 e. The van der Waals surface area contributed by atoms with Gasteiger partial charge in [-0.05, 0) is 25.7 Å². The third-order valence-corrected chi connectivity index (χ3v) is 3.30. The highest BCUT2D eigenvalue weighted by atomic mass is 16.3. The van der Waals surface area contributed by atoms with Crippen molar-refractivity contribution in [2.75, 3.05) is 6.54 Å². The van der Waals surface area contributed by atoms with Crippen molar-refractivity contribution < 1.29 is 5.11 Å². The molecular formula is C12H19NO. The summed E-state index contributed by atoms with van der Waals surface area (Å²) in [5.74, 6) is 6.94. The van der Waals surface area contributed by atoms with Gasteiger partial charge in [-0.25, -0.2) is 0 Å². The number of nitrogens with one attached hydrogen (secondary N) is 1. The Morgan fingerprint density at radius 2 is 2.29 bits per heavy atom. The van der Waals surface area contributed by atoms with Gasteiger partial charge in [0, 0.05) is 24.4 Å². The molecule has 2 fully saturated rings. The quantitative estimate of drug-likeness (QED) is 0.615. The molecule has 0 aromatic rings. The zero-order valence-electron chi connectivity index (χ0n) is 8.84. The second-order valence-corrected chi connectivity index (χ2v) is 4.55. The molecule has 1 aliphatic heterocycles. The second kappa shape index (κ2) is 3.92. The number of aliphatic hydroxyl groups is 1. The predicted octanol–water partition coefficient (Wildman–Crippen LogP) is 1.29. The Labute approximate surface area is 86.1 Å². The first kappa shape index (κ1) is 10.0. The van der Waals surface area contributed by atoms with Crippen LogP contribution in [0, 0.1) is 17.8 Å². The van der Waals surface area contributed by atoms with E-state index in [4.69, 9.17) is 0 Å². The van der Waals surface area contributed by atoms with E-state index < -0.39 is 0 Å². The first-order chi connectivity index (χ1) is 6.77. The van der Waals surface area contributed by atoms with Crippen molar-refractivity contribution >= 4 is 0 Å². The molecule has 0 aromatic heterocycles. The summed E-state index contributed by atoms with van der Waals surface area (Å²) >= 11 is 0. The van der Waals surface area contributed by atoms with Crippen molar-refractivity contribution in [2.24, 2.45) is 5.92 Å². The Kier molecular flexibility index (Phi) is 2.80. The van der Waals surface area contributed by atoms with Gasteiger partial charge in [-0.1, -0.05) is 12.8 Å². The van der Waals surface area contributed by atoms with E-state index in [1.165, 1.54) is 12.8 Å². The summed E-state index contributed by atoms with van der Waals surface area (Å²) in [4.78, 5) is 0. The number of hydrogen-bond donors (Lipinski definition) is 2. The minimum Gasteiger partial charge on any atom is -0.392 e. The Balaban J connectivity index is 1.97. The van der Waals surface area contributed by atoms with Gasteiger partial charge in [0.1, 0.15) is 0 Å². The average molecular weight is 193 g/mol. The minimum atomic E-state index is -0.192. The van der Waals surface area contributed by atoms with E-state index in [0.717, 1.165) is 25.8 Å². The highest BCUT2D eigenvalue weighted by molar-refractivity contribution is 5.21. The van der Waals surface area contributed by atoms with Crippen LogP contribution in [0.1, 0.15) is 39.0 Å². The summed E-state index contributed by atoms with van der Waals surface area (Å²) in [5.41, 5.74) is 0.292. The van der Waals surface area contributed by atoms with Crippen LogP contribution in [0.15, 0.2) is 0 Å². The third kappa shape index (κ3) is 1.94. The first-order valence-electron chi connectivity index (χ1n) is 5.68. The van der Waals surface area contributed by atoms with Gasteiger partial charge in [0.2, 0.25) is 0 Å². The zero-order valence-corrected chi connectivity index (χ0v) is 8.84. The summed E-state index contributed by atoms with van der Waals surface area (Å²) < 4.78 is 0. The van der Waals surface area contributed by atoms with Crippen molar-refractivity contribution in [1.82, 2.24) is 5.32 Å². The average Bonchev–Trinajstić information content (AvgIpc) is 2.93. The van der Waals surface area contributed by atoms with Crippen LogP contribution in [-0.2, 0) is 0 Å². The van der Waals surface area contributed by atoms with E-state index in [0.29, 0.717) is 11.5 Å². The molecule has 2 rings (SSSR count). The first-order valence-corrected chi connectivity index (χ1v) is 5.68. The SMILES string of the molecule is CCCC#CC1CC(O)CNC12CC2. The lowest BCUT2D eigenvalue weighted by Gasteiger charge is -2.32. The van der Waals surface area contributed by atoms with Gasteiger partial charge in [-0.2, -0.15) is 0 Å². The van der Waals surface area contributed by atoms with Gasteiger partial charge in [0.05, 0.1) is 6.10 Å². The van der Waals surface area contributed by atoms with Gasteiger partial charge < -0.3 is 10.4 Å². The summed E-state index contributed by atoms with van der Waals surface area (Å²) in [7, 11) is 0. The molecule has 1 spiro atoms. The van der Waals surface area contributed by atoms with E-state index in [2.05, 4.69) is 24.1 Å². The predicted molar refractivity (Wildman–Crippen MR) is 56.8 cm³/mol. The van der Waals surface area contributed by atoms with E-state index in [1.54, 1.807) is 0 Å². The van der Waals surface area contributed by atoms with Crippen LogP contribution in [0.4, 0.5) is 0 Å². The largest absolute Gasteiger partial charge is 0.392 e. The topological polar surface area (TPSA) is 32.3 Å². The van der Waals surface area contributed by atoms with Crippen molar-refractivity contribution in [3.63, 3.8) is 0 Å². The Bertz CT molecular complexity index is 259. The molecule has 0 bridgehead atoms. The summed E-state index contributed by atoms with van der Waals surface area (Å²) in [6, 6.07) is 0. The van der Waals surface area contributed by atoms with E-state index in [9.17, 15) is 5.11 Å². The van der Waals surface area contributed by atoms with Gasteiger partial charge in [0.15, 0.2) is 0 Å². The molecule has 2 heteroatoms. The summed E-state index contributed by atoms with van der Waals surface area (Å²) in [6.07, 6.45) is 5.27. The van der Waals surface area contributed by atoms with Crippen LogP contribution in [0.5, 0.6) is 0 Å². The number of unbranched alkanes of at least 4 members (excludes halogenated alkanes) is 1. The molecule has 2 nitrogen and oxygen atoms in total. The number of β-amino-alcohol motifs (C(OH)–C–C–N with tert-alkyl or cyclic N) is 1. The van der Waals surface area contributed by atoms with E-state index in [-0.39, 0.29) is 6.10 Å². The molecular weight excluding hydrogens is 174 g/mol. The highest BCUT2D eigenvalue weighted by Crippen LogP contribution is 2.45. The van der Waals surface area contributed by atoms with Gasteiger partial charge in [-0.3, -0.25) is 0 Å². The molecule has 0 amide bonds. The van der Waals surface area contributed by atoms with Gasteiger partial charge in [-0.15, -0.1) is 5.92 Å². The lowest BCUT2D eigenvalue weighted by atomic mass is 9.87. The number of hydrogen-bond acceptors (Lipinski definition) is 2. The highest BCUT2D eigenvalue weighted by Gasteiger charge is 2.51. The molecule has 14 heavy (non-hydrogen) atoms. The maximum absolute atomic E-state index is 9.57. The molecule has 0 radical (unpaired) electrons. The molecule has 1 aliphatic carbocycles. The van der Waals surface area contributed by atoms with Crippen molar-refractivity contribution in [3.8, 4) is 11.8 Å². The zero-order chi connectivity index (χ0) is 10.0.